The minimum absolute atomic E-state index is 0.157. The number of fused-ring (bicyclic) bond motifs is 2. The number of amides is 2. The van der Waals surface area contributed by atoms with Crippen LogP contribution in [0.25, 0.3) is 0 Å². The Morgan fingerprint density at radius 1 is 0.955 bits per heavy atom. The first kappa shape index (κ1) is 12.8. The molecular weight excluding hydrogens is 280 g/mol. The first-order valence-corrected chi connectivity index (χ1v) is 6.99. The molecule has 2 aliphatic heterocycles. The molecule has 2 aromatic rings. The van der Waals surface area contributed by atoms with Gasteiger partial charge in [-0.15, -0.1) is 0 Å². The SMILES string of the molecule is O=C1c2ccccc2C(=O)N1CC1C=Nc2ccccc2O1. The molecule has 0 radical (unpaired) electrons. The second-order valence-electron chi connectivity index (χ2n) is 5.17. The number of carbonyl (C=O) groups is 2. The molecule has 4 rings (SSSR count). The highest BCUT2D eigenvalue weighted by molar-refractivity contribution is 6.21. The second-order valence-corrected chi connectivity index (χ2v) is 5.17. The van der Waals surface area contributed by atoms with Crippen LogP contribution in [0.5, 0.6) is 5.75 Å². The first-order valence-electron chi connectivity index (χ1n) is 6.99. The monoisotopic (exact) mass is 292 g/mol. The Hall–Kier alpha value is -2.95. The molecule has 0 saturated heterocycles. The molecule has 2 heterocycles. The third-order valence-corrected chi connectivity index (χ3v) is 3.76. The number of hydrogen-bond acceptors (Lipinski definition) is 4. The molecule has 0 saturated carbocycles. The van der Waals surface area contributed by atoms with E-state index in [0.717, 1.165) is 5.69 Å². The smallest absolute Gasteiger partial charge is 0.261 e. The van der Waals surface area contributed by atoms with Crippen molar-refractivity contribution < 1.29 is 14.3 Å². The van der Waals surface area contributed by atoms with Crippen LogP contribution in [0.15, 0.2) is 53.5 Å². The first-order chi connectivity index (χ1) is 10.7. The van der Waals surface area contributed by atoms with E-state index in [0.29, 0.717) is 16.9 Å². The lowest BCUT2D eigenvalue weighted by Gasteiger charge is -2.24. The molecule has 0 fully saturated rings. The van der Waals surface area contributed by atoms with Crippen LogP contribution in [-0.4, -0.2) is 35.6 Å². The number of para-hydroxylation sites is 2. The Kier molecular flexibility index (Phi) is 2.79. The molecule has 0 aromatic heterocycles. The van der Waals surface area contributed by atoms with Crippen molar-refractivity contribution in [2.24, 2.45) is 4.99 Å². The minimum atomic E-state index is -0.433. The third-order valence-electron chi connectivity index (χ3n) is 3.76. The number of hydrogen-bond donors (Lipinski definition) is 0. The number of imide groups is 1. The molecule has 1 unspecified atom stereocenters. The van der Waals surface area contributed by atoms with E-state index in [4.69, 9.17) is 4.74 Å². The van der Waals surface area contributed by atoms with Crippen LogP contribution in [0.3, 0.4) is 0 Å². The average molecular weight is 292 g/mol. The second kappa shape index (κ2) is 4.80. The fourth-order valence-corrected chi connectivity index (χ4v) is 2.69. The van der Waals surface area contributed by atoms with Gasteiger partial charge in [-0.1, -0.05) is 24.3 Å². The van der Waals surface area contributed by atoms with Crippen LogP contribution in [-0.2, 0) is 0 Å². The highest BCUT2D eigenvalue weighted by Crippen LogP contribution is 2.31. The number of aliphatic imine (C=N–C) groups is 1. The van der Waals surface area contributed by atoms with Crippen molar-refractivity contribution in [1.29, 1.82) is 0 Å². The van der Waals surface area contributed by atoms with Crippen molar-refractivity contribution in [3.8, 4) is 5.75 Å². The molecule has 2 aliphatic rings. The lowest BCUT2D eigenvalue weighted by atomic mass is 10.1. The Labute approximate surface area is 126 Å². The summed E-state index contributed by atoms with van der Waals surface area (Å²) in [7, 11) is 0. The summed E-state index contributed by atoms with van der Waals surface area (Å²) < 4.78 is 5.79. The lowest BCUT2D eigenvalue weighted by molar-refractivity contribution is 0.0611. The van der Waals surface area contributed by atoms with E-state index < -0.39 is 6.10 Å². The number of ether oxygens (including phenoxy) is 1. The molecule has 1 atom stereocenters. The van der Waals surface area contributed by atoms with Crippen molar-refractivity contribution in [3.63, 3.8) is 0 Å². The van der Waals surface area contributed by atoms with Gasteiger partial charge in [-0.25, -0.2) is 0 Å². The van der Waals surface area contributed by atoms with Crippen molar-refractivity contribution in [2.75, 3.05) is 6.54 Å². The lowest BCUT2D eigenvalue weighted by Crippen LogP contribution is -2.40. The summed E-state index contributed by atoms with van der Waals surface area (Å²) in [5.74, 6) is 0.0968. The zero-order chi connectivity index (χ0) is 15.1. The molecule has 22 heavy (non-hydrogen) atoms. The van der Waals surface area contributed by atoms with Gasteiger partial charge in [0, 0.05) is 6.21 Å². The van der Waals surface area contributed by atoms with Crippen molar-refractivity contribution in [1.82, 2.24) is 4.90 Å². The van der Waals surface area contributed by atoms with E-state index in [9.17, 15) is 9.59 Å². The van der Waals surface area contributed by atoms with Crippen LogP contribution in [0.2, 0.25) is 0 Å². The zero-order valence-corrected chi connectivity index (χ0v) is 11.6. The Balaban J connectivity index is 1.57. The number of nitrogens with zero attached hydrogens (tertiary/aromatic N) is 2. The van der Waals surface area contributed by atoms with Gasteiger partial charge < -0.3 is 4.74 Å². The quantitative estimate of drug-likeness (QED) is 0.799. The molecule has 5 heteroatoms. The van der Waals surface area contributed by atoms with Gasteiger partial charge in [0.1, 0.15) is 11.4 Å². The maximum atomic E-state index is 12.3. The molecule has 2 amide bonds. The molecule has 108 valence electrons. The van der Waals surface area contributed by atoms with E-state index in [1.54, 1.807) is 30.5 Å². The standard InChI is InChI=1S/C17H12N2O3/c20-16-12-5-1-2-6-13(12)17(21)19(16)10-11-9-18-14-7-3-4-8-15(14)22-11/h1-9,11H,10H2. The van der Waals surface area contributed by atoms with Crippen LogP contribution in [0.1, 0.15) is 20.7 Å². The van der Waals surface area contributed by atoms with E-state index in [2.05, 4.69) is 4.99 Å². The zero-order valence-electron chi connectivity index (χ0n) is 11.6. The average Bonchev–Trinajstić information content (AvgIpc) is 2.80. The van der Waals surface area contributed by atoms with E-state index >= 15 is 0 Å². The van der Waals surface area contributed by atoms with E-state index in [-0.39, 0.29) is 18.4 Å². The predicted octanol–water partition coefficient (Wildman–Crippen LogP) is 2.45. The number of benzene rings is 2. The normalized spacial score (nSPS) is 18.9. The Morgan fingerprint density at radius 2 is 1.59 bits per heavy atom. The fourth-order valence-electron chi connectivity index (χ4n) is 2.69. The van der Waals surface area contributed by atoms with Gasteiger partial charge in [-0.05, 0) is 24.3 Å². The molecule has 2 aromatic carbocycles. The minimum Gasteiger partial charge on any atom is -0.481 e. The van der Waals surface area contributed by atoms with Gasteiger partial charge in [-0.2, -0.15) is 0 Å². The van der Waals surface area contributed by atoms with Gasteiger partial charge in [-0.3, -0.25) is 19.5 Å². The van der Waals surface area contributed by atoms with Gasteiger partial charge in [0.25, 0.3) is 11.8 Å². The van der Waals surface area contributed by atoms with Crippen LogP contribution in [0, 0.1) is 0 Å². The topological polar surface area (TPSA) is 59.0 Å². The van der Waals surface area contributed by atoms with Crippen LogP contribution < -0.4 is 4.74 Å². The molecular formula is C17H12N2O3. The summed E-state index contributed by atoms with van der Waals surface area (Å²) in [6.07, 6.45) is 1.20. The van der Waals surface area contributed by atoms with Crippen molar-refractivity contribution in [2.45, 2.75) is 6.10 Å². The maximum Gasteiger partial charge on any atom is 0.261 e. The summed E-state index contributed by atoms with van der Waals surface area (Å²) in [6, 6.07) is 14.3. The number of carbonyl (C=O) groups excluding carboxylic acids is 2. The van der Waals surface area contributed by atoms with Gasteiger partial charge >= 0.3 is 0 Å². The van der Waals surface area contributed by atoms with Crippen LogP contribution in [0.4, 0.5) is 5.69 Å². The Morgan fingerprint density at radius 3 is 2.32 bits per heavy atom. The summed E-state index contributed by atoms with van der Waals surface area (Å²) in [6.45, 7) is 0.157. The predicted molar refractivity (Wildman–Crippen MR) is 80.8 cm³/mol. The summed E-state index contributed by atoms with van der Waals surface area (Å²) in [5, 5.41) is 0. The molecule has 0 N–H and O–H groups in total. The summed E-state index contributed by atoms with van der Waals surface area (Å²) in [4.78, 5) is 30.2. The fraction of sp³-hybridized carbons (Fsp3) is 0.118. The molecule has 5 nitrogen and oxygen atoms in total. The Bertz CT molecular complexity index is 778. The summed E-state index contributed by atoms with van der Waals surface area (Å²) in [5.41, 5.74) is 1.64. The summed E-state index contributed by atoms with van der Waals surface area (Å²) >= 11 is 0. The van der Waals surface area contributed by atoms with Crippen LogP contribution >= 0.6 is 0 Å². The van der Waals surface area contributed by atoms with E-state index in [1.807, 2.05) is 24.3 Å². The number of rotatable bonds is 2. The largest absolute Gasteiger partial charge is 0.481 e. The van der Waals surface area contributed by atoms with E-state index in [1.165, 1.54) is 4.90 Å². The highest BCUT2D eigenvalue weighted by atomic mass is 16.5. The van der Waals surface area contributed by atoms with Crippen molar-refractivity contribution in [3.05, 3.63) is 59.7 Å². The molecule has 0 aliphatic carbocycles. The molecule has 0 spiro atoms. The van der Waals surface area contributed by atoms with Gasteiger partial charge in [0.2, 0.25) is 0 Å². The van der Waals surface area contributed by atoms with Crippen molar-refractivity contribution >= 4 is 23.7 Å². The maximum absolute atomic E-state index is 12.3. The highest BCUT2D eigenvalue weighted by Gasteiger charge is 2.36. The van der Waals surface area contributed by atoms with Gasteiger partial charge in [0.15, 0.2) is 6.10 Å². The molecule has 0 bridgehead atoms. The third kappa shape index (κ3) is 1.90. The van der Waals surface area contributed by atoms with Gasteiger partial charge in [0.05, 0.1) is 17.7 Å².